The van der Waals surface area contributed by atoms with Crippen LogP contribution in [0.25, 0.3) is 21.0 Å². The fourth-order valence-electron chi connectivity index (χ4n) is 5.16. The first kappa shape index (κ1) is 24.1. The zero-order valence-electron chi connectivity index (χ0n) is 20.0. The van der Waals surface area contributed by atoms with Crippen LogP contribution in [0.2, 0.25) is 5.02 Å². The highest BCUT2D eigenvalue weighted by Crippen LogP contribution is 2.31. The van der Waals surface area contributed by atoms with Crippen LogP contribution in [0.15, 0.2) is 48.8 Å². The lowest BCUT2D eigenvalue weighted by Crippen LogP contribution is -2.58. The van der Waals surface area contributed by atoms with Crippen molar-refractivity contribution in [3.63, 3.8) is 0 Å². The fraction of sp³-hybridized carbons (Fsp3) is 0.370. The number of hydrogen-bond acceptors (Lipinski definition) is 7. The lowest BCUT2D eigenvalue weighted by molar-refractivity contribution is -0.117. The molecule has 182 valence electrons. The van der Waals surface area contributed by atoms with Crippen LogP contribution in [0.1, 0.15) is 30.7 Å². The van der Waals surface area contributed by atoms with Crippen molar-refractivity contribution in [2.45, 2.75) is 45.4 Å². The van der Waals surface area contributed by atoms with Crippen molar-refractivity contribution in [2.24, 2.45) is 5.92 Å². The molecule has 0 spiro atoms. The third-order valence-electron chi connectivity index (χ3n) is 6.72. The van der Waals surface area contributed by atoms with E-state index in [0.29, 0.717) is 18.3 Å². The van der Waals surface area contributed by atoms with E-state index in [1.165, 1.54) is 21.3 Å². The third-order valence-corrected chi connectivity index (χ3v) is 8.04. The Morgan fingerprint density at radius 3 is 2.80 bits per heavy atom. The Kier molecular flexibility index (Phi) is 7.02. The van der Waals surface area contributed by atoms with Gasteiger partial charge in [0.2, 0.25) is 0 Å². The first-order valence-electron chi connectivity index (χ1n) is 12.0. The van der Waals surface area contributed by atoms with Crippen molar-refractivity contribution >= 4 is 56.0 Å². The Morgan fingerprint density at radius 1 is 1.14 bits per heavy atom. The summed E-state index contributed by atoms with van der Waals surface area (Å²) in [6.45, 7) is 7.69. The molecular weight excluding hydrogens is 478 g/mol. The number of fused-ring (bicyclic) bond motifs is 2. The third kappa shape index (κ3) is 5.33. The molecule has 6 nitrogen and oxygen atoms in total. The van der Waals surface area contributed by atoms with E-state index in [2.05, 4.69) is 57.9 Å². The van der Waals surface area contributed by atoms with E-state index in [-0.39, 0.29) is 12.1 Å². The number of carbonyl (C=O) groups is 1. The van der Waals surface area contributed by atoms with Gasteiger partial charge in [0, 0.05) is 52.2 Å². The van der Waals surface area contributed by atoms with Crippen LogP contribution in [0, 0.1) is 5.92 Å². The van der Waals surface area contributed by atoms with Gasteiger partial charge in [-0.3, -0.25) is 9.80 Å². The molecule has 0 saturated carbocycles. The fourth-order valence-corrected chi connectivity index (χ4v) is 6.54. The Balaban J connectivity index is 1.37. The smallest absolute Gasteiger partial charge is 0.138 e. The van der Waals surface area contributed by atoms with Crippen LogP contribution < -0.4 is 5.73 Å². The number of carbonyl (C=O) groups excluding carboxylic acids is 1. The summed E-state index contributed by atoms with van der Waals surface area (Å²) < 4.78 is 1.21. The van der Waals surface area contributed by atoms with Crippen molar-refractivity contribution < 1.29 is 4.79 Å². The van der Waals surface area contributed by atoms with Crippen LogP contribution in [0.4, 0.5) is 5.82 Å². The monoisotopic (exact) mass is 507 g/mol. The van der Waals surface area contributed by atoms with Gasteiger partial charge in [-0.2, -0.15) is 0 Å². The van der Waals surface area contributed by atoms with Crippen LogP contribution in [0.3, 0.4) is 0 Å². The zero-order valence-corrected chi connectivity index (χ0v) is 21.6. The maximum atomic E-state index is 12.3. The largest absolute Gasteiger partial charge is 0.383 e. The number of hydrogen-bond donors (Lipinski definition) is 1. The first-order valence-corrected chi connectivity index (χ1v) is 13.2. The van der Waals surface area contributed by atoms with E-state index in [1.54, 1.807) is 11.3 Å². The predicted molar refractivity (Wildman–Crippen MR) is 145 cm³/mol. The van der Waals surface area contributed by atoms with Crippen molar-refractivity contribution in [2.75, 3.05) is 18.8 Å². The second-order valence-electron chi connectivity index (χ2n) is 9.86. The number of anilines is 1. The molecule has 35 heavy (non-hydrogen) atoms. The van der Waals surface area contributed by atoms with Crippen molar-refractivity contribution in [3.8, 4) is 0 Å². The summed E-state index contributed by atoms with van der Waals surface area (Å²) in [6.07, 6.45) is 3.65. The predicted octanol–water partition coefficient (Wildman–Crippen LogP) is 5.38. The SMILES string of the molecule is CC(C)C[C@H]1CN(Cc2cc3ccc(Cl)cc3s2)CC(C=O)N1Cc1ccc2c(N)ncnc2c1. The second-order valence-corrected chi connectivity index (χ2v) is 11.5. The van der Waals surface area contributed by atoms with Crippen molar-refractivity contribution in [3.05, 3.63) is 64.3 Å². The number of piperazine rings is 1. The molecule has 1 aliphatic heterocycles. The summed E-state index contributed by atoms with van der Waals surface area (Å²) in [5.41, 5.74) is 7.97. The molecule has 8 heteroatoms. The molecule has 1 aliphatic rings. The molecule has 1 fully saturated rings. The normalized spacial score (nSPS) is 19.7. The van der Waals surface area contributed by atoms with Gasteiger partial charge in [-0.25, -0.2) is 9.97 Å². The molecule has 0 amide bonds. The Labute approximate surface area is 214 Å². The number of nitrogen functional groups attached to an aromatic ring is 1. The summed E-state index contributed by atoms with van der Waals surface area (Å²) in [5.74, 6) is 1.02. The summed E-state index contributed by atoms with van der Waals surface area (Å²) in [6, 6.07) is 14.5. The van der Waals surface area contributed by atoms with Gasteiger partial charge >= 0.3 is 0 Å². The van der Waals surface area contributed by atoms with Crippen LogP contribution in [-0.4, -0.2) is 51.2 Å². The van der Waals surface area contributed by atoms with Gasteiger partial charge in [0.25, 0.3) is 0 Å². The van der Waals surface area contributed by atoms with E-state index < -0.39 is 0 Å². The molecule has 2 aromatic carbocycles. The van der Waals surface area contributed by atoms with E-state index in [4.69, 9.17) is 17.3 Å². The minimum Gasteiger partial charge on any atom is -0.383 e. The van der Waals surface area contributed by atoms with E-state index in [9.17, 15) is 4.79 Å². The molecule has 0 radical (unpaired) electrons. The van der Waals surface area contributed by atoms with Gasteiger partial charge in [0.05, 0.1) is 11.6 Å². The molecule has 0 bridgehead atoms. The van der Waals surface area contributed by atoms with Gasteiger partial charge in [-0.1, -0.05) is 37.6 Å². The number of thiophene rings is 1. The molecule has 2 atom stereocenters. The molecule has 0 aliphatic carbocycles. The highest BCUT2D eigenvalue weighted by atomic mass is 35.5. The van der Waals surface area contributed by atoms with E-state index in [1.807, 2.05) is 18.2 Å². The Bertz CT molecular complexity index is 1360. The summed E-state index contributed by atoms with van der Waals surface area (Å²) in [4.78, 5) is 26.9. The topological polar surface area (TPSA) is 75.4 Å². The van der Waals surface area contributed by atoms with Gasteiger partial charge < -0.3 is 10.5 Å². The maximum Gasteiger partial charge on any atom is 0.138 e. The van der Waals surface area contributed by atoms with Crippen molar-refractivity contribution in [1.29, 1.82) is 0 Å². The van der Waals surface area contributed by atoms with Gasteiger partial charge in [0.1, 0.15) is 18.4 Å². The minimum absolute atomic E-state index is 0.164. The zero-order chi connectivity index (χ0) is 24.5. The van der Waals surface area contributed by atoms with E-state index >= 15 is 0 Å². The number of benzene rings is 2. The summed E-state index contributed by atoms with van der Waals surface area (Å²) in [7, 11) is 0. The number of nitrogens with two attached hydrogens (primary N) is 1. The Hall–Kier alpha value is -2.58. The molecule has 1 saturated heterocycles. The van der Waals surface area contributed by atoms with Crippen LogP contribution in [0.5, 0.6) is 0 Å². The molecule has 2 N–H and O–H groups in total. The summed E-state index contributed by atoms with van der Waals surface area (Å²) >= 11 is 7.97. The van der Waals surface area contributed by atoms with Crippen molar-refractivity contribution in [1.82, 2.24) is 19.8 Å². The van der Waals surface area contributed by atoms with Gasteiger partial charge in [-0.05, 0) is 53.6 Å². The second kappa shape index (κ2) is 10.2. The average Bonchev–Trinajstić information content (AvgIpc) is 3.21. The highest BCUT2D eigenvalue weighted by Gasteiger charge is 2.34. The molecular formula is C27H30ClN5OS. The lowest BCUT2D eigenvalue weighted by atomic mass is 9.96. The minimum atomic E-state index is -0.164. The van der Waals surface area contributed by atoms with Gasteiger partial charge in [0.15, 0.2) is 0 Å². The molecule has 3 heterocycles. The molecule has 4 aromatic rings. The molecule has 2 aromatic heterocycles. The first-order chi connectivity index (χ1) is 16.9. The molecule has 1 unspecified atom stereocenters. The number of aldehydes is 1. The van der Waals surface area contributed by atoms with Crippen LogP contribution in [-0.2, 0) is 17.9 Å². The Morgan fingerprint density at radius 2 is 2.00 bits per heavy atom. The van der Waals surface area contributed by atoms with E-state index in [0.717, 1.165) is 53.8 Å². The average molecular weight is 508 g/mol. The number of nitrogens with zero attached hydrogens (tertiary/aromatic N) is 4. The lowest BCUT2D eigenvalue weighted by Gasteiger charge is -2.45. The standard InChI is InChI=1S/C27H30ClN5OS/c1-17(2)7-21-12-32(14-23-9-19-4-5-20(28)10-26(19)35-23)13-22(15-34)33(21)11-18-3-6-24-25(8-18)30-16-31-27(24)29/h3-6,8-10,15-17,21-22H,7,11-14H2,1-2H3,(H2,29,30,31)/t21-,22?/m0/s1. The summed E-state index contributed by atoms with van der Waals surface area (Å²) in [5, 5.41) is 2.84. The number of aromatic nitrogens is 2. The number of halogens is 1. The molecule has 5 rings (SSSR count). The quantitative estimate of drug-likeness (QED) is 0.338. The number of rotatable bonds is 7. The maximum absolute atomic E-state index is 12.3. The highest BCUT2D eigenvalue weighted by molar-refractivity contribution is 7.19. The van der Waals surface area contributed by atoms with Gasteiger partial charge in [-0.15, -0.1) is 11.3 Å². The van der Waals surface area contributed by atoms with Crippen LogP contribution >= 0.6 is 22.9 Å².